The Bertz CT molecular complexity index is 444. The summed E-state index contributed by atoms with van der Waals surface area (Å²) in [5.74, 6) is 0.296. The molecule has 0 saturated carbocycles. The van der Waals surface area contributed by atoms with Crippen LogP contribution in [0.15, 0.2) is 0 Å². The normalized spacial score (nSPS) is 20.4. The van der Waals surface area contributed by atoms with Crippen LogP contribution in [-0.2, 0) is 17.7 Å². The Morgan fingerprint density at radius 3 is 3.11 bits per heavy atom. The molecule has 0 spiro atoms. The van der Waals surface area contributed by atoms with E-state index in [1.807, 2.05) is 4.68 Å². The predicted octanol–water partition coefficient (Wildman–Crippen LogP) is 1.01. The van der Waals surface area contributed by atoms with Gasteiger partial charge in [0.05, 0.1) is 30.9 Å². The number of hydrogen-bond acceptors (Lipinski definition) is 5. The number of aliphatic hydroxyl groups excluding tert-OH is 1. The van der Waals surface area contributed by atoms with Crippen LogP contribution in [0.2, 0.25) is 0 Å². The molecule has 1 aromatic rings. The molecule has 1 aliphatic heterocycles. The van der Waals surface area contributed by atoms with Crippen LogP contribution < -0.4 is 0 Å². The van der Waals surface area contributed by atoms with Gasteiger partial charge in [-0.05, 0) is 26.2 Å². The van der Waals surface area contributed by atoms with E-state index in [-0.39, 0.29) is 6.10 Å². The number of ether oxygens (including phenoxy) is 1. The molecule has 1 fully saturated rings. The fourth-order valence-electron chi connectivity index (χ4n) is 2.46. The molecular formula is C13H20N4O2. The van der Waals surface area contributed by atoms with Gasteiger partial charge in [-0.1, -0.05) is 5.21 Å². The zero-order chi connectivity index (χ0) is 13.7. The highest BCUT2D eigenvalue weighted by molar-refractivity contribution is 5.19. The first kappa shape index (κ1) is 14.0. The van der Waals surface area contributed by atoms with Crippen LogP contribution in [0.4, 0.5) is 0 Å². The minimum atomic E-state index is -0.291. The smallest absolute Gasteiger partial charge is 0.100 e. The van der Waals surface area contributed by atoms with Gasteiger partial charge in [0.1, 0.15) is 5.69 Å². The molecule has 0 amide bonds. The van der Waals surface area contributed by atoms with E-state index in [2.05, 4.69) is 16.4 Å². The average molecular weight is 264 g/mol. The van der Waals surface area contributed by atoms with Gasteiger partial charge in [-0.2, -0.15) is 5.26 Å². The van der Waals surface area contributed by atoms with Crippen molar-refractivity contribution in [3.05, 3.63) is 11.4 Å². The minimum Gasteiger partial charge on any atom is -0.393 e. The van der Waals surface area contributed by atoms with Crippen LogP contribution in [0.5, 0.6) is 0 Å². The number of rotatable bonds is 6. The Morgan fingerprint density at radius 1 is 1.63 bits per heavy atom. The standard InChI is InChI=1S/C13H20N4O2/c1-10(18)3-2-7-17-13(11-5-8-19-9-11)12(4-6-14)15-16-17/h10-11,18H,2-5,7-9H2,1H3. The van der Waals surface area contributed by atoms with Crippen LogP contribution in [0.25, 0.3) is 0 Å². The summed E-state index contributed by atoms with van der Waals surface area (Å²) in [5, 5.41) is 26.4. The second-order valence-electron chi connectivity index (χ2n) is 5.03. The molecule has 19 heavy (non-hydrogen) atoms. The molecule has 1 aromatic heterocycles. The molecule has 104 valence electrons. The zero-order valence-corrected chi connectivity index (χ0v) is 11.2. The fourth-order valence-corrected chi connectivity index (χ4v) is 2.46. The lowest BCUT2D eigenvalue weighted by atomic mass is 10.0. The Morgan fingerprint density at radius 2 is 2.47 bits per heavy atom. The van der Waals surface area contributed by atoms with E-state index in [0.717, 1.165) is 43.8 Å². The summed E-state index contributed by atoms with van der Waals surface area (Å²) in [4.78, 5) is 0. The summed E-state index contributed by atoms with van der Waals surface area (Å²) in [6.45, 7) is 3.96. The topological polar surface area (TPSA) is 84.0 Å². The maximum Gasteiger partial charge on any atom is 0.100 e. The first-order chi connectivity index (χ1) is 9.22. The highest BCUT2D eigenvalue weighted by Gasteiger charge is 2.26. The van der Waals surface area contributed by atoms with E-state index in [4.69, 9.17) is 10.00 Å². The molecule has 2 unspecified atom stereocenters. The van der Waals surface area contributed by atoms with Crippen molar-refractivity contribution in [1.82, 2.24) is 15.0 Å². The van der Waals surface area contributed by atoms with Crippen LogP contribution in [0, 0.1) is 11.3 Å². The van der Waals surface area contributed by atoms with Gasteiger partial charge in [0, 0.05) is 19.1 Å². The summed E-state index contributed by atoms with van der Waals surface area (Å²) in [6, 6.07) is 2.14. The predicted molar refractivity (Wildman–Crippen MR) is 68.4 cm³/mol. The van der Waals surface area contributed by atoms with Gasteiger partial charge < -0.3 is 9.84 Å². The van der Waals surface area contributed by atoms with Crippen molar-refractivity contribution in [2.45, 2.75) is 51.2 Å². The van der Waals surface area contributed by atoms with Gasteiger partial charge in [-0.15, -0.1) is 5.10 Å². The monoisotopic (exact) mass is 264 g/mol. The van der Waals surface area contributed by atoms with Crippen LogP contribution >= 0.6 is 0 Å². The maximum absolute atomic E-state index is 9.29. The molecule has 6 heteroatoms. The van der Waals surface area contributed by atoms with Crippen LogP contribution in [0.3, 0.4) is 0 Å². The van der Waals surface area contributed by atoms with Crippen molar-refractivity contribution in [1.29, 1.82) is 5.26 Å². The Balaban J connectivity index is 2.10. The maximum atomic E-state index is 9.29. The average Bonchev–Trinajstić information content (AvgIpc) is 2.98. The molecule has 0 aromatic carbocycles. The summed E-state index contributed by atoms with van der Waals surface area (Å²) >= 11 is 0. The highest BCUT2D eigenvalue weighted by Crippen LogP contribution is 2.27. The quantitative estimate of drug-likeness (QED) is 0.829. The lowest BCUT2D eigenvalue weighted by Gasteiger charge is -2.12. The Hall–Kier alpha value is -1.45. The van der Waals surface area contributed by atoms with E-state index >= 15 is 0 Å². The largest absolute Gasteiger partial charge is 0.393 e. The first-order valence-electron chi connectivity index (χ1n) is 6.77. The molecule has 0 aliphatic carbocycles. The lowest BCUT2D eigenvalue weighted by Crippen LogP contribution is -2.13. The van der Waals surface area contributed by atoms with Crippen LogP contribution in [-0.4, -0.2) is 39.4 Å². The van der Waals surface area contributed by atoms with Crippen molar-refractivity contribution < 1.29 is 9.84 Å². The summed E-state index contributed by atoms with van der Waals surface area (Å²) < 4.78 is 7.30. The Kier molecular flexibility index (Phi) is 4.88. The molecule has 6 nitrogen and oxygen atoms in total. The third kappa shape index (κ3) is 3.52. The van der Waals surface area contributed by atoms with Crippen molar-refractivity contribution in [3.8, 4) is 6.07 Å². The van der Waals surface area contributed by atoms with Crippen molar-refractivity contribution in [3.63, 3.8) is 0 Å². The van der Waals surface area contributed by atoms with Gasteiger partial charge in [-0.25, -0.2) is 4.68 Å². The highest BCUT2D eigenvalue weighted by atomic mass is 16.5. The van der Waals surface area contributed by atoms with E-state index in [1.165, 1.54) is 0 Å². The van der Waals surface area contributed by atoms with E-state index in [1.54, 1.807) is 6.92 Å². The molecule has 2 rings (SSSR count). The van der Waals surface area contributed by atoms with Gasteiger partial charge in [0.25, 0.3) is 0 Å². The summed E-state index contributed by atoms with van der Waals surface area (Å²) in [7, 11) is 0. The SMILES string of the molecule is CC(O)CCCn1nnc(CC#N)c1C1CCOC1. The second-order valence-corrected chi connectivity index (χ2v) is 5.03. The number of aryl methyl sites for hydroxylation is 1. The molecule has 1 aliphatic rings. The molecule has 1 saturated heterocycles. The van der Waals surface area contributed by atoms with Crippen molar-refractivity contribution in [2.24, 2.45) is 0 Å². The number of aliphatic hydroxyl groups is 1. The second kappa shape index (κ2) is 6.64. The number of nitrogens with zero attached hydrogens (tertiary/aromatic N) is 4. The third-order valence-electron chi connectivity index (χ3n) is 3.40. The summed E-state index contributed by atoms with van der Waals surface area (Å²) in [6.07, 6.45) is 2.56. The molecular weight excluding hydrogens is 244 g/mol. The molecule has 2 heterocycles. The molecule has 1 N–H and O–H groups in total. The van der Waals surface area contributed by atoms with Gasteiger partial charge >= 0.3 is 0 Å². The Labute approximate surface area is 113 Å². The molecule has 0 radical (unpaired) electrons. The zero-order valence-electron chi connectivity index (χ0n) is 11.2. The van der Waals surface area contributed by atoms with Gasteiger partial charge in [0.2, 0.25) is 0 Å². The molecule has 2 atom stereocenters. The fraction of sp³-hybridized carbons (Fsp3) is 0.769. The minimum absolute atomic E-state index is 0.291. The number of hydrogen-bond donors (Lipinski definition) is 1. The summed E-state index contributed by atoms with van der Waals surface area (Å²) in [5.41, 5.74) is 1.82. The van der Waals surface area contributed by atoms with Crippen molar-refractivity contribution in [2.75, 3.05) is 13.2 Å². The lowest BCUT2D eigenvalue weighted by molar-refractivity contribution is 0.178. The van der Waals surface area contributed by atoms with E-state index in [9.17, 15) is 5.11 Å². The molecule has 0 bridgehead atoms. The van der Waals surface area contributed by atoms with E-state index < -0.39 is 0 Å². The third-order valence-corrected chi connectivity index (χ3v) is 3.40. The van der Waals surface area contributed by atoms with Gasteiger partial charge in [-0.3, -0.25) is 0 Å². The number of nitriles is 1. The van der Waals surface area contributed by atoms with Crippen molar-refractivity contribution >= 4 is 0 Å². The van der Waals surface area contributed by atoms with Crippen LogP contribution in [0.1, 0.15) is 43.5 Å². The number of aromatic nitrogens is 3. The van der Waals surface area contributed by atoms with Gasteiger partial charge in [0.15, 0.2) is 0 Å². The first-order valence-corrected chi connectivity index (χ1v) is 6.77. The van der Waals surface area contributed by atoms with E-state index in [0.29, 0.717) is 18.9 Å².